The normalized spacial score (nSPS) is 12.3. The largest absolute Gasteiger partial charge is 0.478 e. The summed E-state index contributed by atoms with van der Waals surface area (Å²) in [6.07, 6.45) is -4.11. The van der Waals surface area contributed by atoms with Crippen molar-refractivity contribution in [3.63, 3.8) is 0 Å². The lowest BCUT2D eigenvalue weighted by molar-refractivity contribution is -0.157. The van der Waals surface area contributed by atoms with Crippen LogP contribution in [0, 0.1) is 13.8 Å². The molecule has 4 aromatic carbocycles. The molecule has 4 aromatic rings. The number of fused-ring (bicyclic) bond motifs is 1. The monoisotopic (exact) mass is 511 g/mol. The van der Waals surface area contributed by atoms with Crippen molar-refractivity contribution >= 4 is 40.3 Å². The number of esters is 2. The maximum atomic E-state index is 13.4. The summed E-state index contributed by atoms with van der Waals surface area (Å²) in [5, 5.41) is 14.1. The molecule has 0 radical (unpaired) electrons. The first-order valence-corrected chi connectivity index (χ1v) is 11.8. The van der Waals surface area contributed by atoms with Gasteiger partial charge >= 0.3 is 17.9 Å². The van der Waals surface area contributed by atoms with E-state index < -0.39 is 36.0 Å². The summed E-state index contributed by atoms with van der Waals surface area (Å²) in [4.78, 5) is 51.4. The molecule has 0 aliphatic rings. The maximum Gasteiger partial charge on any atom is 0.349 e. The first-order valence-electron chi connectivity index (χ1n) is 11.8. The first-order chi connectivity index (χ1) is 18.2. The van der Waals surface area contributed by atoms with Crippen LogP contribution in [0.5, 0.6) is 0 Å². The second-order valence-corrected chi connectivity index (χ2v) is 8.74. The van der Waals surface area contributed by atoms with E-state index in [1.165, 1.54) is 24.3 Å². The van der Waals surface area contributed by atoms with Gasteiger partial charge < -0.3 is 19.9 Å². The summed E-state index contributed by atoms with van der Waals surface area (Å²) >= 11 is 0. The average Bonchev–Trinajstić information content (AvgIpc) is 2.91. The lowest BCUT2D eigenvalue weighted by atomic mass is 10.1. The second-order valence-electron chi connectivity index (χ2n) is 8.74. The van der Waals surface area contributed by atoms with Crippen molar-refractivity contribution in [1.29, 1.82) is 0 Å². The van der Waals surface area contributed by atoms with Crippen LogP contribution >= 0.6 is 0 Å². The molecule has 0 aromatic heterocycles. The van der Waals surface area contributed by atoms with Crippen LogP contribution in [0.4, 0.5) is 5.69 Å². The summed E-state index contributed by atoms with van der Waals surface area (Å²) in [6, 6.07) is 25.1. The predicted octanol–water partition coefficient (Wildman–Crippen LogP) is 4.93. The van der Waals surface area contributed by atoms with Crippen molar-refractivity contribution in [2.24, 2.45) is 0 Å². The summed E-state index contributed by atoms with van der Waals surface area (Å²) in [7, 11) is 0. The molecule has 2 atom stereocenters. The molecule has 0 bridgehead atoms. The number of anilines is 1. The zero-order valence-electron chi connectivity index (χ0n) is 20.7. The molecule has 0 saturated carbocycles. The van der Waals surface area contributed by atoms with Gasteiger partial charge in [-0.3, -0.25) is 4.79 Å². The minimum Gasteiger partial charge on any atom is -0.478 e. The van der Waals surface area contributed by atoms with Gasteiger partial charge in [0, 0.05) is 11.1 Å². The Morgan fingerprint density at radius 2 is 1.16 bits per heavy atom. The fourth-order valence-electron chi connectivity index (χ4n) is 3.78. The van der Waals surface area contributed by atoms with Gasteiger partial charge in [0.1, 0.15) is 0 Å². The third-order valence-corrected chi connectivity index (χ3v) is 5.87. The van der Waals surface area contributed by atoms with Crippen LogP contribution in [0.15, 0.2) is 91.0 Å². The number of aliphatic carboxylic acids is 1. The third kappa shape index (κ3) is 6.04. The van der Waals surface area contributed by atoms with Crippen molar-refractivity contribution in [1.82, 2.24) is 0 Å². The lowest BCUT2D eigenvalue weighted by Crippen LogP contribution is -2.48. The standard InChI is InChI=1S/C30H25NO7/c1-18-10-14-21(15-11-18)29(35)37-25(26(28(33)34)38-30(36)22-16-12-19(2)13-17-22)27(32)31-24-9-5-7-20-6-3-4-8-23(20)24/h3-17,25-26H,1-2H3,(H,31,32)(H,33,34)/t25-,26+/m0/s1. The number of hydrogen-bond donors (Lipinski definition) is 2. The number of benzene rings is 4. The highest BCUT2D eigenvalue weighted by Gasteiger charge is 2.41. The Kier molecular flexibility index (Phi) is 7.82. The quantitative estimate of drug-likeness (QED) is 0.322. The molecule has 8 heteroatoms. The molecule has 8 nitrogen and oxygen atoms in total. The zero-order valence-corrected chi connectivity index (χ0v) is 20.7. The lowest BCUT2D eigenvalue weighted by Gasteiger charge is -2.24. The first kappa shape index (κ1) is 26.1. The van der Waals surface area contributed by atoms with Gasteiger partial charge in [0.05, 0.1) is 11.1 Å². The van der Waals surface area contributed by atoms with E-state index in [1.807, 2.05) is 32.0 Å². The highest BCUT2D eigenvalue weighted by molar-refractivity contribution is 6.06. The molecule has 0 aliphatic heterocycles. The number of hydrogen-bond acceptors (Lipinski definition) is 6. The summed E-state index contributed by atoms with van der Waals surface area (Å²) < 4.78 is 10.6. The van der Waals surface area contributed by atoms with E-state index in [0.29, 0.717) is 11.1 Å². The van der Waals surface area contributed by atoms with Crippen molar-refractivity contribution in [3.05, 3.63) is 113 Å². The number of carbonyl (C=O) groups excluding carboxylic acids is 3. The number of carboxylic acid groups (broad SMARTS) is 1. The molecule has 2 N–H and O–H groups in total. The Hall–Kier alpha value is -4.98. The van der Waals surface area contributed by atoms with Gasteiger partial charge in [-0.15, -0.1) is 0 Å². The van der Waals surface area contributed by atoms with Crippen LogP contribution in [-0.4, -0.2) is 41.1 Å². The van der Waals surface area contributed by atoms with Gasteiger partial charge in [-0.05, 0) is 49.6 Å². The van der Waals surface area contributed by atoms with E-state index in [9.17, 15) is 24.3 Å². The average molecular weight is 512 g/mol. The Morgan fingerprint density at radius 3 is 1.71 bits per heavy atom. The molecule has 0 spiro atoms. The maximum absolute atomic E-state index is 13.4. The molecule has 4 rings (SSSR count). The molecule has 1 amide bonds. The van der Waals surface area contributed by atoms with Crippen LogP contribution in [0.2, 0.25) is 0 Å². The van der Waals surface area contributed by atoms with Gasteiger partial charge in [-0.2, -0.15) is 0 Å². The highest BCUT2D eigenvalue weighted by Crippen LogP contribution is 2.24. The number of carbonyl (C=O) groups is 4. The molecule has 0 unspecified atom stereocenters. The van der Waals surface area contributed by atoms with E-state index in [-0.39, 0.29) is 11.1 Å². The summed E-state index contributed by atoms with van der Waals surface area (Å²) in [5.41, 5.74) is 2.34. The van der Waals surface area contributed by atoms with Gasteiger partial charge in [0.15, 0.2) is 0 Å². The fraction of sp³-hybridized carbons (Fsp3) is 0.133. The van der Waals surface area contributed by atoms with Crippen LogP contribution < -0.4 is 5.32 Å². The number of rotatable bonds is 8. The molecular weight excluding hydrogens is 486 g/mol. The smallest absolute Gasteiger partial charge is 0.349 e. The Labute approximate surface area is 218 Å². The minimum absolute atomic E-state index is 0.0833. The van der Waals surface area contributed by atoms with Crippen LogP contribution in [0.25, 0.3) is 10.8 Å². The SMILES string of the molecule is Cc1ccc(C(=O)O[C@H](C(=O)Nc2cccc3ccccc23)[C@@H](OC(=O)c2ccc(C)cc2)C(=O)O)cc1. The van der Waals surface area contributed by atoms with Crippen LogP contribution in [0.1, 0.15) is 31.8 Å². The minimum atomic E-state index is -2.12. The zero-order chi connectivity index (χ0) is 27.2. The molecule has 0 heterocycles. The summed E-state index contributed by atoms with van der Waals surface area (Å²) in [5.74, 6) is -4.54. The van der Waals surface area contributed by atoms with E-state index in [1.54, 1.807) is 48.5 Å². The Morgan fingerprint density at radius 1 is 0.658 bits per heavy atom. The number of carboxylic acids is 1. The number of aryl methyl sites for hydroxylation is 2. The second kappa shape index (κ2) is 11.4. The molecule has 0 aliphatic carbocycles. The van der Waals surface area contributed by atoms with Crippen molar-refractivity contribution in [2.45, 2.75) is 26.1 Å². The molecule has 0 saturated heterocycles. The Bertz CT molecular complexity index is 1490. The van der Waals surface area contributed by atoms with E-state index in [0.717, 1.165) is 16.5 Å². The van der Waals surface area contributed by atoms with E-state index in [2.05, 4.69) is 5.32 Å². The summed E-state index contributed by atoms with van der Waals surface area (Å²) in [6.45, 7) is 3.66. The number of amides is 1. The van der Waals surface area contributed by atoms with Gasteiger partial charge in [-0.25, -0.2) is 14.4 Å². The van der Waals surface area contributed by atoms with Crippen molar-refractivity contribution in [2.75, 3.05) is 5.32 Å². The van der Waals surface area contributed by atoms with Gasteiger partial charge in [0.25, 0.3) is 5.91 Å². The molecule has 38 heavy (non-hydrogen) atoms. The van der Waals surface area contributed by atoms with E-state index in [4.69, 9.17) is 9.47 Å². The molecule has 0 fully saturated rings. The van der Waals surface area contributed by atoms with Gasteiger partial charge in [0.2, 0.25) is 12.2 Å². The molecular formula is C30H25NO7. The topological polar surface area (TPSA) is 119 Å². The van der Waals surface area contributed by atoms with E-state index >= 15 is 0 Å². The number of ether oxygens (including phenoxy) is 2. The van der Waals surface area contributed by atoms with Crippen molar-refractivity contribution in [3.8, 4) is 0 Å². The third-order valence-electron chi connectivity index (χ3n) is 5.87. The molecule has 192 valence electrons. The van der Waals surface area contributed by atoms with Gasteiger partial charge in [-0.1, -0.05) is 71.8 Å². The van der Waals surface area contributed by atoms with Crippen LogP contribution in [0.3, 0.4) is 0 Å². The number of nitrogens with one attached hydrogen (secondary N) is 1. The highest BCUT2D eigenvalue weighted by atomic mass is 16.6. The predicted molar refractivity (Wildman–Crippen MR) is 141 cm³/mol. The Balaban J connectivity index is 1.66. The fourth-order valence-corrected chi connectivity index (χ4v) is 3.78. The van der Waals surface area contributed by atoms with Crippen molar-refractivity contribution < 1.29 is 33.8 Å². The van der Waals surface area contributed by atoms with Crippen LogP contribution in [-0.2, 0) is 19.1 Å².